The van der Waals surface area contributed by atoms with Gasteiger partial charge in [0.05, 0.1) is 33.0 Å². The van der Waals surface area contributed by atoms with Crippen molar-refractivity contribution in [2.75, 3.05) is 5.73 Å². The number of fused-ring (bicyclic) bond motifs is 15. The molecule has 1 atom stereocenters. The highest BCUT2D eigenvalue weighted by Gasteiger charge is 2.51. The second-order valence-corrected chi connectivity index (χ2v) is 16.7. The molecule has 5 heterocycles. The summed E-state index contributed by atoms with van der Waals surface area (Å²) >= 11 is 0. The molecule has 0 bridgehead atoms. The Balaban J connectivity index is 0.000000220. The van der Waals surface area contributed by atoms with Gasteiger partial charge < -0.3 is 19.6 Å². The fourth-order valence-electron chi connectivity index (χ4n) is 10.3. The van der Waals surface area contributed by atoms with E-state index in [0.717, 1.165) is 46.6 Å². The number of anilines is 1. The van der Waals surface area contributed by atoms with Crippen LogP contribution >= 0.6 is 0 Å². The van der Waals surface area contributed by atoms with E-state index >= 15 is 0 Å². The molecule has 1 spiro atoms. The average Bonchev–Trinajstić information content (AvgIpc) is 4.07. The highest BCUT2D eigenvalue weighted by molar-refractivity contribution is 6.12. The molecular formula is C57H43N5O. The van der Waals surface area contributed by atoms with Crippen molar-refractivity contribution in [1.82, 2.24) is 9.13 Å². The van der Waals surface area contributed by atoms with Gasteiger partial charge in [-0.2, -0.15) is 10.2 Å². The Bertz CT molecular complexity index is 3450. The van der Waals surface area contributed by atoms with Crippen LogP contribution in [0.15, 0.2) is 204 Å². The van der Waals surface area contributed by atoms with Crippen LogP contribution in [-0.2, 0) is 11.8 Å². The van der Waals surface area contributed by atoms with E-state index in [9.17, 15) is 0 Å². The summed E-state index contributed by atoms with van der Waals surface area (Å²) in [4.78, 5) is 0. The molecule has 6 heteroatoms. The van der Waals surface area contributed by atoms with Gasteiger partial charge in [0.15, 0.2) is 0 Å². The number of hydrogen-bond donors (Lipinski definition) is 1. The smallest absolute Gasteiger partial charge is 0.206 e. The second kappa shape index (κ2) is 14.6. The summed E-state index contributed by atoms with van der Waals surface area (Å²) in [5.74, 6) is 1.84. The lowest BCUT2D eigenvalue weighted by Gasteiger charge is -2.45. The lowest BCUT2D eigenvalue weighted by atomic mass is 9.61. The van der Waals surface area contributed by atoms with Crippen molar-refractivity contribution in [3.05, 3.63) is 239 Å². The van der Waals surface area contributed by atoms with E-state index in [4.69, 9.17) is 10.5 Å². The maximum absolute atomic E-state index is 7.14. The Hall–Kier alpha value is -7.96. The lowest BCUT2D eigenvalue weighted by Crippen LogP contribution is -2.37. The van der Waals surface area contributed by atoms with Crippen LogP contribution in [0.4, 0.5) is 5.69 Å². The number of para-hydroxylation sites is 4. The largest absolute Gasteiger partial charge is 0.456 e. The number of aromatic nitrogens is 2. The minimum absolute atomic E-state index is 0.159. The summed E-state index contributed by atoms with van der Waals surface area (Å²) in [5.41, 5.74) is 22.2. The van der Waals surface area contributed by atoms with Gasteiger partial charge in [-0.1, -0.05) is 157 Å². The van der Waals surface area contributed by atoms with E-state index in [1.54, 1.807) is 0 Å². The van der Waals surface area contributed by atoms with Crippen LogP contribution in [0.25, 0.3) is 50.2 Å². The number of nitrogens with zero attached hydrogens (tertiary/aromatic N) is 4. The predicted octanol–water partition coefficient (Wildman–Crippen LogP) is 14.2. The normalized spacial score (nSPS) is 16.0. The monoisotopic (exact) mass is 813 g/mol. The number of aryl methyl sites for hydroxylation is 1. The summed E-state index contributed by atoms with van der Waals surface area (Å²) in [6.07, 6.45) is 6.73. The maximum Gasteiger partial charge on any atom is 0.206 e. The minimum Gasteiger partial charge on any atom is -0.456 e. The predicted molar refractivity (Wildman–Crippen MR) is 257 cm³/mol. The van der Waals surface area contributed by atoms with Crippen molar-refractivity contribution >= 4 is 44.5 Å². The molecule has 10 aromatic rings. The number of hydrogen-bond acceptors (Lipinski definition) is 4. The maximum atomic E-state index is 7.14. The molecule has 3 aliphatic heterocycles. The standard InChI is InChI=1S/C43H29N3O.C7H6N2.C7H8/c44-26-20-22-27(23-21-26)45-36-17-6-2-11-30(36)40-38(45)25-24-34-42(40)47-39-19-8-4-14-32(39)43(34)31-13-3-7-18-37(31)46-35-16-5-1-10-28(35)29-12-9-15-33(43)41(29)46;1-2-4-6(5-3-1)7-8-9-7;1-7-5-3-2-4-6-7/h1-5,7-16,18-25H,6,17,44H2;1-5,7H;2-6H,1H3. The molecule has 0 fully saturated rings. The third-order valence-electron chi connectivity index (χ3n) is 13.0. The van der Waals surface area contributed by atoms with Gasteiger partial charge in [0.1, 0.15) is 11.5 Å². The molecule has 0 saturated carbocycles. The summed E-state index contributed by atoms with van der Waals surface area (Å²) in [5, 5.41) is 11.3. The fourth-order valence-corrected chi connectivity index (χ4v) is 10.3. The number of benzene rings is 8. The van der Waals surface area contributed by atoms with E-state index in [-0.39, 0.29) is 6.17 Å². The van der Waals surface area contributed by atoms with E-state index < -0.39 is 5.41 Å². The van der Waals surface area contributed by atoms with Gasteiger partial charge in [-0.05, 0) is 79.4 Å². The molecule has 63 heavy (non-hydrogen) atoms. The zero-order valence-electron chi connectivity index (χ0n) is 34.8. The molecule has 302 valence electrons. The molecular weight excluding hydrogens is 771 g/mol. The van der Waals surface area contributed by atoms with Gasteiger partial charge in [-0.25, -0.2) is 0 Å². The number of allylic oxidation sites excluding steroid dienone is 1. The molecule has 14 rings (SSSR count). The third-order valence-corrected chi connectivity index (χ3v) is 13.0. The van der Waals surface area contributed by atoms with Crippen molar-refractivity contribution in [2.24, 2.45) is 10.2 Å². The van der Waals surface area contributed by atoms with Gasteiger partial charge in [0.25, 0.3) is 0 Å². The highest BCUT2D eigenvalue weighted by Crippen LogP contribution is 2.62. The topological polar surface area (TPSA) is 69.8 Å². The van der Waals surface area contributed by atoms with Crippen LogP contribution in [0.3, 0.4) is 0 Å². The molecule has 0 radical (unpaired) electrons. The number of ether oxygens (including phenoxy) is 1. The van der Waals surface area contributed by atoms with Gasteiger partial charge in [-0.3, -0.25) is 0 Å². The molecule has 4 aliphatic rings. The summed E-state index contributed by atoms with van der Waals surface area (Å²) in [7, 11) is 0. The first-order valence-electron chi connectivity index (χ1n) is 21.7. The first kappa shape index (κ1) is 36.9. The van der Waals surface area contributed by atoms with Crippen LogP contribution in [0, 0.1) is 6.92 Å². The van der Waals surface area contributed by atoms with E-state index in [1.807, 2.05) is 60.7 Å². The first-order chi connectivity index (χ1) is 31.1. The quantitative estimate of drug-likeness (QED) is 0.177. The van der Waals surface area contributed by atoms with Gasteiger partial charge >= 0.3 is 0 Å². The minimum atomic E-state index is -0.590. The third kappa shape index (κ3) is 5.71. The van der Waals surface area contributed by atoms with Crippen LogP contribution in [0.2, 0.25) is 0 Å². The van der Waals surface area contributed by atoms with Crippen molar-refractivity contribution in [3.8, 4) is 22.9 Å². The van der Waals surface area contributed by atoms with E-state index in [2.05, 4.69) is 166 Å². The Kier molecular flexibility index (Phi) is 8.54. The molecule has 0 saturated heterocycles. The zero-order chi connectivity index (χ0) is 42.1. The molecule has 6 nitrogen and oxygen atoms in total. The summed E-state index contributed by atoms with van der Waals surface area (Å²) in [6.45, 7) is 2.08. The number of rotatable bonds is 2. The highest BCUT2D eigenvalue weighted by atomic mass is 16.5. The first-order valence-corrected chi connectivity index (χ1v) is 21.7. The molecule has 2 aromatic heterocycles. The molecule has 8 aromatic carbocycles. The lowest BCUT2D eigenvalue weighted by molar-refractivity contribution is 0.439. The van der Waals surface area contributed by atoms with Crippen molar-refractivity contribution in [1.29, 1.82) is 0 Å². The van der Waals surface area contributed by atoms with Crippen LogP contribution in [-0.4, -0.2) is 9.13 Å². The van der Waals surface area contributed by atoms with Crippen LogP contribution in [0.1, 0.15) is 57.2 Å². The number of nitrogen functional groups attached to an aromatic ring is 1. The molecule has 0 amide bonds. The van der Waals surface area contributed by atoms with E-state index in [0.29, 0.717) is 0 Å². The number of nitrogens with two attached hydrogens (primary N) is 1. The molecule has 1 unspecified atom stereocenters. The molecule has 1 aliphatic carbocycles. The van der Waals surface area contributed by atoms with Gasteiger partial charge in [0.2, 0.25) is 6.17 Å². The van der Waals surface area contributed by atoms with Gasteiger partial charge in [0, 0.05) is 50.1 Å². The Morgan fingerprint density at radius 2 is 1.27 bits per heavy atom. The van der Waals surface area contributed by atoms with Crippen molar-refractivity contribution in [2.45, 2.75) is 31.3 Å². The Labute approximate surface area is 365 Å². The van der Waals surface area contributed by atoms with E-state index in [1.165, 1.54) is 72.1 Å². The fraction of sp³-hybridized carbons (Fsp3) is 0.0877. The van der Waals surface area contributed by atoms with Crippen molar-refractivity contribution in [3.63, 3.8) is 0 Å². The van der Waals surface area contributed by atoms with Crippen molar-refractivity contribution < 1.29 is 4.74 Å². The summed E-state index contributed by atoms with van der Waals surface area (Å²) in [6, 6.07) is 66.5. The Morgan fingerprint density at radius 3 is 2.05 bits per heavy atom. The van der Waals surface area contributed by atoms with Gasteiger partial charge in [-0.15, -0.1) is 0 Å². The Morgan fingerprint density at radius 1 is 0.587 bits per heavy atom. The van der Waals surface area contributed by atoms with Crippen LogP contribution < -0.4 is 10.5 Å². The molecule has 2 N–H and O–H groups in total. The second-order valence-electron chi connectivity index (χ2n) is 16.7. The average molecular weight is 814 g/mol. The summed E-state index contributed by atoms with van der Waals surface area (Å²) < 4.78 is 12.0. The zero-order valence-corrected chi connectivity index (χ0v) is 34.8. The SMILES string of the molecule is Cc1ccccc1.Nc1ccc(-n2c3c(c4c5c(ccc42)C2(c4ccccc4O5)c4ccccc4-n4c5ccccc5c5cccc2c54)C=CCC3)cc1.c1ccc(C2N=N2)cc1. The van der Waals surface area contributed by atoms with Crippen LogP contribution in [0.5, 0.6) is 11.5 Å².